The van der Waals surface area contributed by atoms with E-state index < -0.39 is 5.97 Å². The van der Waals surface area contributed by atoms with Crippen LogP contribution in [0, 0.1) is 6.92 Å². The fourth-order valence-corrected chi connectivity index (χ4v) is 3.84. The second-order valence-electron chi connectivity index (χ2n) is 6.55. The van der Waals surface area contributed by atoms with Crippen LogP contribution in [-0.4, -0.2) is 35.2 Å². The Labute approximate surface area is 146 Å². The van der Waals surface area contributed by atoms with Gasteiger partial charge in [-0.1, -0.05) is 12.8 Å². The number of benzene rings is 1. The van der Waals surface area contributed by atoms with E-state index in [1.54, 1.807) is 7.11 Å². The zero-order chi connectivity index (χ0) is 18.0. The summed E-state index contributed by atoms with van der Waals surface area (Å²) >= 11 is 0. The fourth-order valence-electron chi connectivity index (χ4n) is 3.84. The van der Waals surface area contributed by atoms with Crippen LogP contribution in [-0.2, 0) is 4.79 Å². The van der Waals surface area contributed by atoms with Crippen molar-refractivity contribution < 1.29 is 19.4 Å². The molecule has 0 saturated heterocycles. The Morgan fingerprint density at radius 3 is 2.68 bits per heavy atom. The lowest BCUT2D eigenvalue weighted by Crippen LogP contribution is -2.26. The zero-order valence-electron chi connectivity index (χ0n) is 14.7. The molecule has 6 nitrogen and oxygen atoms in total. The number of carboxylic acid groups (broad SMARTS) is 1. The number of nitrogens with one attached hydrogen (secondary N) is 1. The van der Waals surface area contributed by atoms with Gasteiger partial charge in [-0.3, -0.25) is 9.59 Å². The Morgan fingerprint density at radius 2 is 2.04 bits per heavy atom. The molecule has 3 rings (SSSR count). The molecule has 0 spiro atoms. The first-order valence-corrected chi connectivity index (χ1v) is 8.71. The van der Waals surface area contributed by atoms with Crippen LogP contribution in [0.25, 0.3) is 10.9 Å². The maximum atomic E-state index is 12.7. The van der Waals surface area contributed by atoms with Crippen LogP contribution in [0.2, 0.25) is 0 Å². The zero-order valence-corrected chi connectivity index (χ0v) is 14.7. The highest BCUT2D eigenvalue weighted by atomic mass is 16.5. The third-order valence-corrected chi connectivity index (χ3v) is 5.00. The van der Waals surface area contributed by atoms with Gasteiger partial charge in [0, 0.05) is 29.2 Å². The molecule has 0 atom stereocenters. The number of carboxylic acids is 1. The number of rotatable bonds is 6. The Hall–Kier alpha value is -2.50. The van der Waals surface area contributed by atoms with Crippen molar-refractivity contribution >= 4 is 22.8 Å². The Kier molecular flexibility index (Phi) is 4.97. The fraction of sp³-hybridized carbons (Fsp3) is 0.474. The molecule has 0 aliphatic heterocycles. The van der Waals surface area contributed by atoms with Crippen molar-refractivity contribution in [3.63, 3.8) is 0 Å². The molecule has 1 fully saturated rings. The van der Waals surface area contributed by atoms with Crippen molar-refractivity contribution in [3.8, 4) is 5.75 Å². The molecular formula is C19H24N2O4. The maximum absolute atomic E-state index is 12.7. The number of hydrogen-bond acceptors (Lipinski definition) is 3. The topological polar surface area (TPSA) is 80.6 Å². The summed E-state index contributed by atoms with van der Waals surface area (Å²) in [5.41, 5.74) is 2.59. The van der Waals surface area contributed by atoms with Crippen LogP contribution in [0.5, 0.6) is 5.75 Å². The number of nitrogens with zero attached hydrogens (tertiary/aromatic N) is 1. The van der Waals surface area contributed by atoms with Crippen molar-refractivity contribution in [1.29, 1.82) is 0 Å². The van der Waals surface area contributed by atoms with Gasteiger partial charge in [-0.2, -0.15) is 0 Å². The maximum Gasteiger partial charge on any atom is 0.305 e. The van der Waals surface area contributed by atoms with E-state index in [0.717, 1.165) is 29.4 Å². The lowest BCUT2D eigenvalue weighted by Gasteiger charge is -2.16. The molecule has 6 heteroatoms. The molecule has 1 aromatic carbocycles. The van der Waals surface area contributed by atoms with E-state index >= 15 is 0 Å². The summed E-state index contributed by atoms with van der Waals surface area (Å²) in [7, 11) is 1.61. The number of hydrogen-bond donors (Lipinski definition) is 2. The minimum absolute atomic E-state index is 0.0879. The number of carbonyl (C=O) groups is 2. The highest BCUT2D eigenvalue weighted by molar-refractivity contribution is 6.09. The summed E-state index contributed by atoms with van der Waals surface area (Å²) in [4.78, 5) is 23.4. The van der Waals surface area contributed by atoms with Gasteiger partial charge in [0.15, 0.2) is 0 Å². The predicted octanol–water partition coefficient (Wildman–Crippen LogP) is 3.28. The molecule has 1 saturated carbocycles. The molecule has 2 N–H and O–H groups in total. The van der Waals surface area contributed by atoms with E-state index in [0.29, 0.717) is 17.4 Å². The van der Waals surface area contributed by atoms with Gasteiger partial charge < -0.3 is 19.7 Å². The number of fused-ring (bicyclic) bond motifs is 1. The molecule has 0 unspecified atom stereocenters. The Bertz CT molecular complexity index is 803. The number of aliphatic carboxylic acids is 1. The molecule has 1 aromatic heterocycles. The lowest BCUT2D eigenvalue weighted by atomic mass is 10.1. The summed E-state index contributed by atoms with van der Waals surface area (Å²) in [5.74, 6) is -0.448. The van der Waals surface area contributed by atoms with Gasteiger partial charge in [0.05, 0.1) is 19.1 Å². The molecule has 134 valence electrons. The molecular weight excluding hydrogens is 320 g/mol. The smallest absolute Gasteiger partial charge is 0.305 e. The van der Waals surface area contributed by atoms with Gasteiger partial charge in [0.1, 0.15) is 5.75 Å². The minimum atomic E-state index is -0.924. The largest absolute Gasteiger partial charge is 0.497 e. The van der Waals surface area contributed by atoms with E-state index in [1.807, 2.05) is 25.1 Å². The van der Waals surface area contributed by atoms with Crippen LogP contribution in [0.15, 0.2) is 18.2 Å². The van der Waals surface area contributed by atoms with Gasteiger partial charge in [0.25, 0.3) is 5.91 Å². The average Bonchev–Trinajstić information content (AvgIpc) is 3.18. The first-order chi connectivity index (χ1) is 12.0. The molecule has 1 aliphatic rings. The highest BCUT2D eigenvalue weighted by Gasteiger charge is 2.26. The summed E-state index contributed by atoms with van der Waals surface area (Å²) < 4.78 is 7.60. The molecule has 0 bridgehead atoms. The van der Waals surface area contributed by atoms with Crippen LogP contribution < -0.4 is 10.1 Å². The van der Waals surface area contributed by atoms with Crippen molar-refractivity contribution in [2.75, 3.05) is 13.7 Å². The summed E-state index contributed by atoms with van der Waals surface area (Å²) in [6, 6.07) is 6.23. The van der Waals surface area contributed by atoms with Gasteiger partial charge >= 0.3 is 5.97 Å². The lowest BCUT2D eigenvalue weighted by molar-refractivity contribution is -0.136. The average molecular weight is 344 g/mol. The van der Waals surface area contributed by atoms with Crippen LogP contribution in [0.3, 0.4) is 0 Å². The van der Waals surface area contributed by atoms with Gasteiger partial charge in [-0.15, -0.1) is 0 Å². The number of methoxy groups -OCH3 is 1. The van der Waals surface area contributed by atoms with E-state index in [1.165, 1.54) is 12.8 Å². The third kappa shape index (κ3) is 3.34. The number of aromatic nitrogens is 1. The van der Waals surface area contributed by atoms with Gasteiger partial charge in [0.2, 0.25) is 0 Å². The first-order valence-electron chi connectivity index (χ1n) is 8.71. The van der Waals surface area contributed by atoms with E-state index in [-0.39, 0.29) is 18.9 Å². The normalized spacial score (nSPS) is 14.8. The highest BCUT2D eigenvalue weighted by Crippen LogP contribution is 2.38. The summed E-state index contributed by atoms with van der Waals surface area (Å²) in [6.45, 7) is 2.09. The quantitative estimate of drug-likeness (QED) is 0.843. The molecule has 25 heavy (non-hydrogen) atoms. The monoisotopic (exact) mass is 344 g/mol. The van der Waals surface area contributed by atoms with Gasteiger partial charge in [-0.25, -0.2) is 0 Å². The van der Waals surface area contributed by atoms with E-state index in [2.05, 4.69) is 9.88 Å². The second kappa shape index (κ2) is 7.17. The van der Waals surface area contributed by atoms with Crippen LogP contribution >= 0.6 is 0 Å². The van der Waals surface area contributed by atoms with Crippen LogP contribution in [0.1, 0.15) is 54.2 Å². The number of ether oxygens (including phenoxy) is 1. The molecule has 2 aromatic rings. The summed E-state index contributed by atoms with van der Waals surface area (Å²) in [5, 5.41) is 12.4. The SMILES string of the molecule is COc1ccc2c(c1)c(C(=O)NCCC(=O)O)c(C)n2C1CCCC1. The van der Waals surface area contributed by atoms with Gasteiger partial charge in [-0.05, 0) is 38.0 Å². The van der Waals surface area contributed by atoms with Crippen molar-refractivity contribution in [1.82, 2.24) is 9.88 Å². The first kappa shape index (κ1) is 17.3. The predicted molar refractivity (Wildman–Crippen MR) is 95.3 cm³/mol. The van der Waals surface area contributed by atoms with Crippen molar-refractivity contribution in [2.24, 2.45) is 0 Å². The van der Waals surface area contributed by atoms with Crippen molar-refractivity contribution in [2.45, 2.75) is 45.1 Å². The van der Waals surface area contributed by atoms with E-state index in [4.69, 9.17) is 9.84 Å². The molecule has 1 amide bonds. The standard InChI is InChI=1S/C19H24N2O4/c1-12-18(19(24)20-10-9-17(22)23)15-11-14(25-2)7-8-16(15)21(12)13-5-3-4-6-13/h7-8,11,13H,3-6,9-10H2,1-2H3,(H,20,24)(H,22,23). The van der Waals surface area contributed by atoms with Crippen molar-refractivity contribution in [3.05, 3.63) is 29.5 Å². The third-order valence-electron chi connectivity index (χ3n) is 5.00. The van der Waals surface area contributed by atoms with E-state index in [9.17, 15) is 9.59 Å². The summed E-state index contributed by atoms with van der Waals surface area (Å²) in [6.07, 6.45) is 4.57. The number of amides is 1. The second-order valence-corrected chi connectivity index (χ2v) is 6.55. The molecule has 0 radical (unpaired) electrons. The Morgan fingerprint density at radius 1 is 1.32 bits per heavy atom. The Balaban J connectivity index is 2.04. The number of carbonyl (C=O) groups excluding carboxylic acids is 1. The van der Waals surface area contributed by atoms with Crippen LogP contribution in [0.4, 0.5) is 0 Å². The minimum Gasteiger partial charge on any atom is -0.497 e. The molecule has 1 heterocycles. The molecule has 1 aliphatic carbocycles.